The molecule has 142 valence electrons. The Morgan fingerprint density at radius 2 is 1.56 bits per heavy atom. The van der Waals surface area contributed by atoms with E-state index < -0.39 is 5.82 Å². The Morgan fingerprint density at radius 3 is 2.15 bits per heavy atom. The minimum absolute atomic E-state index is 0.00785. The summed E-state index contributed by atoms with van der Waals surface area (Å²) in [5, 5.41) is 5.74. The van der Waals surface area contributed by atoms with Crippen molar-refractivity contribution in [2.75, 3.05) is 10.6 Å². The number of anilines is 2. The van der Waals surface area contributed by atoms with Crippen LogP contribution >= 0.6 is 11.6 Å². The van der Waals surface area contributed by atoms with Crippen molar-refractivity contribution in [2.24, 2.45) is 11.8 Å². The molecule has 0 bridgehead atoms. The summed E-state index contributed by atoms with van der Waals surface area (Å²) in [6, 6.07) is 11.8. The molecule has 0 spiro atoms. The van der Waals surface area contributed by atoms with Crippen LogP contribution in [0.5, 0.6) is 0 Å². The van der Waals surface area contributed by atoms with Gasteiger partial charge in [-0.2, -0.15) is 0 Å². The first kappa shape index (κ1) is 19.4. The highest BCUT2D eigenvalue weighted by Crippen LogP contribution is 2.31. The lowest BCUT2D eigenvalue weighted by atomic mass is 9.81. The number of halogens is 2. The second-order valence-corrected chi connectivity index (χ2v) is 7.38. The lowest BCUT2D eigenvalue weighted by molar-refractivity contribution is -0.125. The van der Waals surface area contributed by atoms with E-state index in [0.29, 0.717) is 31.4 Å². The minimum Gasteiger partial charge on any atom is -0.326 e. The molecule has 0 radical (unpaired) electrons. The molecule has 0 atom stereocenters. The smallest absolute Gasteiger partial charge is 0.227 e. The molecule has 0 aliphatic heterocycles. The number of aryl methyl sites for hydroxylation is 1. The Bertz CT molecular complexity index is 848. The molecule has 1 aliphatic rings. The zero-order valence-electron chi connectivity index (χ0n) is 15.1. The van der Waals surface area contributed by atoms with Crippen LogP contribution in [0.4, 0.5) is 15.8 Å². The van der Waals surface area contributed by atoms with Gasteiger partial charge in [0.05, 0.1) is 5.02 Å². The fourth-order valence-corrected chi connectivity index (χ4v) is 3.56. The average molecular weight is 389 g/mol. The molecule has 0 unspecified atom stereocenters. The fraction of sp³-hybridized carbons (Fsp3) is 0.333. The van der Waals surface area contributed by atoms with Crippen molar-refractivity contribution in [1.29, 1.82) is 0 Å². The summed E-state index contributed by atoms with van der Waals surface area (Å²) in [7, 11) is 0. The Balaban J connectivity index is 1.52. The summed E-state index contributed by atoms with van der Waals surface area (Å²) in [4.78, 5) is 24.9. The average Bonchev–Trinajstić information content (AvgIpc) is 2.66. The van der Waals surface area contributed by atoms with E-state index in [1.165, 1.54) is 18.2 Å². The van der Waals surface area contributed by atoms with Crippen molar-refractivity contribution in [2.45, 2.75) is 32.6 Å². The third kappa shape index (κ3) is 4.86. The van der Waals surface area contributed by atoms with Crippen molar-refractivity contribution in [3.8, 4) is 0 Å². The largest absolute Gasteiger partial charge is 0.326 e. The zero-order chi connectivity index (χ0) is 19.4. The molecule has 0 aromatic heterocycles. The van der Waals surface area contributed by atoms with Gasteiger partial charge in [-0.3, -0.25) is 9.59 Å². The van der Waals surface area contributed by atoms with E-state index in [4.69, 9.17) is 11.6 Å². The summed E-state index contributed by atoms with van der Waals surface area (Å²) in [5.74, 6) is -0.871. The Morgan fingerprint density at radius 1 is 0.963 bits per heavy atom. The van der Waals surface area contributed by atoms with Crippen molar-refractivity contribution in [1.82, 2.24) is 0 Å². The Labute approximate surface area is 163 Å². The number of hydrogen-bond donors (Lipinski definition) is 2. The van der Waals surface area contributed by atoms with Gasteiger partial charge in [-0.15, -0.1) is 0 Å². The van der Waals surface area contributed by atoms with E-state index >= 15 is 0 Å². The summed E-state index contributed by atoms with van der Waals surface area (Å²) in [6.07, 6.45) is 2.62. The van der Waals surface area contributed by atoms with E-state index in [1.807, 2.05) is 31.2 Å². The lowest BCUT2D eigenvalue weighted by Crippen LogP contribution is -2.32. The molecule has 2 aromatic carbocycles. The van der Waals surface area contributed by atoms with Crippen LogP contribution in [0.3, 0.4) is 0 Å². The highest BCUT2D eigenvalue weighted by molar-refractivity contribution is 6.31. The first-order valence-corrected chi connectivity index (χ1v) is 9.44. The van der Waals surface area contributed by atoms with Crippen LogP contribution in [0.25, 0.3) is 0 Å². The quantitative estimate of drug-likeness (QED) is 0.758. The van der Waals surface area contributed by atoms with Gasteiger partial charge in [0.15, 0.2) is 0 Å². The maximum Gasteiger partial charge on any atom is 0.227 e. The van der Waals surface area contributed by atoms with Gasteiger partial charge in [-0.1, -0.05) is 29.8 Å². The molecule has 1 aliphatic carbocycles. The summed E-state index contributed by atoms with van der Waals surface area (Å²) < 4.78 is 13.2. The van der Waals surface area contributed by atoms with Crippen LogP contribution < -0.4 is 10.6 Å². The molecule has 2 N–H and O–H groups in total. The Hall–Kier alpha value is -2.40. The zero-order valence-corrected chi connectivity index (χ0v) is 15.9. The first-order chi connectivity index (χ1) is 12.9. The number of amides is 2. The molecule has 0 heterocycles. The maximum atomic E-state index is 13.2. The number of benzene rings is 2. The first-order valence-electron chi connectivity index (χ1n) is 9.06. The maximum absolute atomic E-state index is 13.2. The number of nitrogens with one attached hydrogen (secondary N) is 2. The summed E-state index contributed by atoms with van der Waals surface area (Å²) in [6.45, 7) is 1.96. The van der Waals surface area contributed by atoms with Gasteiger partial charge in [-0.25, -0.2) is 4.39 Å². The summed E-state index contributed by atoms with van der Waals surface area (Å²) in [5.41, 5.74) is 2.33. The van der Waals surface area contributed by atoms with Gasteiger partial charge < -0.3 is 10.6 Å². The molecule has 2 amide bonds. The predicted octanol–water partition coefficient (Wildman–Crippen LogP) is 5.17. The molecule has 2 aromatic rings. The SMILES string of the molecule is Cc1ccccc1NC(=O)C1CCC(C(=O)Nc2ccc(F)c(Cl)c2)CC1. The number of carbonyl (C=O) groups excluding carboxylic acids is 2. The van der Waals surface area contributed by atoms with Gasteiger partial charge in [0.25, 0.3) is 0 Å². The number of para-hydroxylation sites is 1. The van der Waals surface area contributed by atoms with Crippen molar-refractivity contribution in [3.63, 3.8) is 0 Å². The van der Waals surface area contributed by atoms with Crippen molar-refractivity contribution < 1.29 is 14.0 Å². The number of carbonyl (C=O) groups is 2. The minimum atomic E-state index is -0.519. The van der Waals surface area contributed by atoms with Gasteiger partial charge in [0.2, 0.25) is 11.8 Å². The van der Waals surface area contributed by atoms with Gasteiger partial charge in [-0.05, 0) is 62.4 Å². The molecule has 1 saturated carbocycles. The third-order valence-electron chi connectivity index (χ3n) is 5.06. The van der Waals surface area contributed by atoms with E-state index in [0.717, 1.165) is 11.3 Å². The standard InChI is InChI=1S/C21H22ClFN2O2/c1-13-4-2-3-5-19(13)25-21(27)15-8-6-14(7-9-15)20(26)24-16-10-11-18(23)17(22)12-16/h2-5,10-12,14-15H,6-9H2,1H3,(H,24,26)(H,25,27). The topological polar surface area (TPSA) is 58.2 Å². The monoisotopic (exact) mass is 388 g/mol. The van der Waals surface area contributed by atoms with E-state index in [-0.39, 0.29) is 28.7 Å². The van der Waals surface area contributed by atoms with Crippen LogP contribution in [0.1, 0.15) is 31.2 Å². The molecule has 0 saturated heterocycles. The summed E-state index contributed by atoms with van der Waals surface area (Å²) >= 11 is 5.74. The molecule has 4 nitrogen and oxygen atoms in total. The second-order valence-electron chi connectivity index (χ2n) is 6.97. The molecular weight excluding hydrogens is 367 g/mol. The lowest BCUT2D eigenvalue weighted by Gasteiger charge is -2.27. The molecule has 27 heavy (non-hydrogen) atoms. The van der Waals surface area contributed by atoms with Crippen LogP contribution in [-0.4, -0.2) is 11.8 Å². The number of hydrogen-bond acceptors (Lipinski definition) is 2. The molecule has 1 fully saturated rings. The van der Waals surface area contributed by atoms with Crippen LogP contribution in [0, 0.1) is 24.6 Å². The van der Waals surface area contributed by atoms with Crippen LogP contribution in [0.15, 0.2) is 42.5 Å². The van der Waals surface area contributed by atoms with Crippen LogP contribution in [-0.2, 0) is 9.59 Å². The Kier molecular flexibility index (Phi) is 6.11. The van der Waals surface area contributed by atoms with E-state index in [2.05, 4.69) is 10.6 Å². The highest BCUT2D eigenvalue weighted by atomic mass is 35.5. The van der Waals surface area contributed by atoms with Gasteiger partial charge in [0, 0.05) is 23.2 Å². The normalized spacial score (nSPS) is 19.4. The predicted molar refractivity (Wildman–Crippen MR) is 105 cm³/mol. The number of rotatable bonds is 4. The molecular formula is C21H22ClFN2O2. The molecule has 6 heteroatoms. The van der Waals surface area contributed by atoms with E-state index in [1.54, 1.807) is 0 Å². The highest BCUT2D eigenvalue weighted by Gasteiger charge is 2.30. The fourth-order valence-electron chi connectivity index (χ4n) is 3.38. The van der Waals surface area contributed by atoms with Gasteiger partial charge >= 0.3 is 0 Å². The van der Waals surface area contributed by atoms with Gasteiger partial charge in [0.1, 0.15) is 5.82 Å². The van der Waals surface area contributed by atoms with Crippen LogP contribution in [0.2, 0.25) is 5.02 Å². The van der Waals surface area contributed by atoms with Crippen molar-refractivity contribution in [3.05, 3.63) is 58.9 Å². The molecule has 3 rings (SSSR count). The third-order valence-corrected chi connectivity index (χ3v) is 5.35. The second kappa shape index (κ2) is 8.53. The van der Waals surface area contributed by atoms with E-state index in [9.17, 15) is 14.0 Å². The van der Waals surface area contributed by atoms with Crippen molar-refractivity contribution >= 4 is 34.8 Å².